The van der Waals surface area contributed by atoms with Gasteiger partial charge in [-0.15, -0.1) is 0 Å². The summed E-state index contributed by atoms with van der Waals surface area (Å²) in [5.74, 6) is 1.79. The first-order valence-electron chi connectivity index (χ1n) is 12.6. The van der Waals surface area contributed by atoms with Gasteiger partial charge < -0.3 is 10.2 Å². The van der Waals surface area contributed by atoms with Crippen molar-refractivity contribution in [3.63, 3.8) is 0 Å². The Balaban J connectivity index is 1.37. The number of fused-ring (bicyclic) bond motifs is 1. The topological polar surface area (TPSA) is 62.3 Å². The van der Waals surface area contributed by atoms with Crippen molar-refractivity contribution in [2.75, 3.05) is 13.1 Å². The highest BCUT2D eigenvalue weighted by Crippen LogP contribution is 2.56. The van der Waals surface area contributed by atoms with E-state index in [2.05, 4.69) is 40.6 Å². The van der Waals surface area contributed by atoms with Crippen molar-refractivity contribution in [2.45, 2.75) is 58.4 Å². The summed E-state index contributed by atoms with van der Waals surface area (Å²) in [6, 6.07) is 12.5. The Morgan fingerprint density at radius 2 is 1.88 bits per heavy atom. The molecule has 1 aromatic carbocycles. The molecule has 0 bridgehead atoms. The molecule has 3 fully saturated rings. The number of nitrogens with zero attached hydrogens (tertiary/aromatic N) is 2. The third kappa shape index (κ3) is 4.42. The third-order valence-electron chi connectivity index (χ3n) is 7.97. The second-order valence-corrected chi connectivity index (χ2v) is 10.7. The molecule has 0 unspecified atom stereocenters. The van der Waals surface area contributed by atoms with Gasteiger partial charge in [0.1, 0.15) is 0 Å². The van der Waals surface area contributed by atoms with Crippen LogP contribution in [0.5, 0.6) is 0 Å². The predicted molar refractivity (Wildman–Crippen MR) is 129 cm³/mol. The molecular formula is C28H35N3O2. The number of amides is 2. The molecule has 1 aromatic heterocycles. The van der Waals surface area contributed by atoms with Crippen LogP contribution in [0, 0.1) is 23.2 Å². The number of aromatic nitrogens is 1. The minimum Gasteiger partial charge on any atom is -0.353 e. The molecule has 3 aliphatic rings. The summed E-state index contributed by atoms with van der Waals surface area (Å²) in [5.41, 5.74) is 2.73. The second kappa shape index (κ2) is 8.92. The molecule has 0 spiro atoms. The maximum atomic E-state index is 13.5. The van der Waals surface area contributed by atoms with Crippen LogP contribution in [-0.2, 0) is 16.0 Å². The van der Waals surface area contributed by atoms with E-state index >= 15 is 0 Å². The highest BCUT2D eigenvalue weighted by molar-refractivity contribution is 5.87. The molecule has 2 saturated carbocycles. The van der Waals surface area contributed by atoms with Crippen molar-refractivity contribution < 1.29 is 9.59 Å². The van der Waals surface area contributed by atoms with Crippen LogP contribution in [0.4, 0.5) is 0 Å². The van der Waals surface area contributed by atoms with E-state index in [1.54, 1.807) is 6.20 Å². The zero-order valence-corrected chi connectivity index (χ0v) is 19.8. The average molecular weight is 446 g/mol. The van der Waals surface area contributed by atoms with Gasteiger partial charge in [0, 0.05) is 37.4 Å². The van der Waals surface area contributed by atoms with E-state index in [0.29, 0.717) is 37.3 Å². The lowest BCUT2D eigenvalue weighted by molar-refractivity contribution is -0.134. The lowest BCUT2D eigenvalue weighted by atomic mass is 9.79. The molecule has 2 aromatic rings. The molecule has 2 aliphatic carbocycles. The fourth-order valence-electron chi connectivity index (χ4n) is 6.24. The number of nitrogens with one attached hydrogen (secondary N) is 1. The first-order valence-corrected chi connectivity index (χ1v) is 12.6. The van der Waals surface area contributed by atoms with E-state index in [1.807, 2.05) is 31.0 Å². The molecule has 5 nitrogen and oxygen atoms in total. The van der Waals surface area contributed by atoms with Crippen LogP contribution >= 0.6 is 0 Å². The fraction of sp³-hybridized carbons (Fsp3) is 0.536. The monoisotopic (exact) mass is 445 g/mol. The van der Waals surface area contributed by atoms with Gasteiger partial charge in [-0.05, 0) is 74.1 Å². The van der Waals surface area contributed by atoms with Crippen molar-refractivity contribution in [3.8, 4) is 11.1 Å². The molecule has 2 heterocycles. The van der Waals surface area contributed by atoms with Gasteiger partial charge in [-0.1, -0.05) is 43.2 Å². The molecule has 0 radical (unpaired) electrons. The van der Waals surface area contributed by atoms with Crippen molar-refractivity contribution in [1.29, 1.82) is 0 Å². The number of pyridine rings is 1. The van der Waals surface area contributed by atoms with Crippen LogP contribution < -0.4 is 5.32 Å². The number of rotatable bonds is 6. The summed E-state index contributed by atoms with van der Waals surface area (Å²) in [7, 11) is 0. The van der Waals surface area contributed by atoms with Crippen molar-refractivity contribution >= 4 is 11.8 Å². The van der Waals surface area contributed by atoms with Crippen LogP contribution in [0.15, 0.2) is 48.8 Å². The van der Waals surface area contributed by atoms with Gasteiger partial charge in [-0.3, -0.25) is 14.6 Å². The van der Waals surface area contributed by atoms with Gasteiger partial charge in [-0.2, -0.15) is 0 Å². The Morgan fingerprint density at radius 1 is 1.12 bits per heavy atom. The van der Waals surface area contributed by atoms with E-state index in [1.165, 1.54) is 25.7 Å². The Hall–Kier alpha value is -2.69. The molecule has 174 valence electrons. The van der Waals surface area contributed by atoms with E-state index in [-0.39, 0.29) is 17.9 Å². The molecule has 1 saturated heterocycles. The van der Waals surface area contributed by atoms with E-state index in [9.17, 15) is 9.59 Å². The lowest BCUT2D eigenvalue weighted by Crippen LogP contribution is -2.47. The highest BCUT2D eigenvalue weighted by Gasteiger charge is 2.57. The molecule has 5 rings (SSSR count). The Labute approximate surface area is 197 Å². The van der Waals surface area contributed by atoms with E-state index in [4.69, 9.17) is 0 Å². The minimum absolute atomic E-state index is 0.0761. The minimum atomic E-state index is -0.576. The zero-order valence-electron chi connectivity index (χ0n) is 19.8. The maximum absolute atomic E-state index is 13.5. The number of likely N-dealkylation sites (tertiary alicyclic amines) is 1. The number of benzene rings is 1. The molecule has 3 atom stereocenters. The van der Waals surface area contributed by atoms with Crippen LogP contribution in [0.1, 0.15) is 51.5 Å². The van der Waals surface area contributed by atoms with Gasteiger partial charge in [0.25, 0.3) is 0 Å². The average Bonchev–Trinajstić information content (AvgIpc) is 3.40. The summed E-state index contributed by atoms with van der Waals surface area (Å²) in [4.78, 5) is 33.1. The van der Waals surface area contributed by atoms with Crippen LogP contribution in [0.2, 0.25) is 0 Å². The van der Waals surface area contributed by atoms with Crippen molar-refractivity contribution in [3.05, 3.63) is 54.4 Å². The molecule has 2 amide bonds. The standard InChI is InChI=1S/C28H35N3O2/c1-19(2)30-27(33)28(16-20-7-5-8-21(15-20)22-9-6-13-29-17-22)12-14-31(18-28)26(32)25-23-10-3-4-11-24(23)25/h5-9,13,15,17,19,23-25H,3-4,10-12,14,16,18H2,1-2H3,(H,30,33)/t23-,24-,28+/m1/s1. The molecule has 1 aliphatic heterocycles. The third-order valence-corrected chi connectivity index (χ3v) is 7.97. The van der Waals surface area contributed by atoms with E-state index in [0.717, 1.165) is 23.1 Å². The summed E-state index contributed by atoms with van der Waals surface area (Å²) in [6.45, 7) is 5.21. The molecule has 33 heavy (non-hydrogen) atoms. The SMILES string of the molecule is CC(C)NC(=O)[C@]1(Cc2cccc(-c3cccnc3)c2)CCN(C(=O)C2[C@@H]3CCCC[C@@H]23)C1. The Bertz CT molecular complexity index is 1010. The predicted octanol–water partition coefficient (Wildman–Crippen LogP) is 4.47. The summed E-state index contributed by atoms with van der Waals surface area (Å²) >= 11 is 0. The number of carbonyl (C=O) groups excluding carboxylic acids is 2. The Morgan fingerprint density at radius 3 is 2.58 bits per heavy atom. The van der Waals surface area contributed by atoms with Gasteiger partial charge in [0.05, 0.1) is 5.41 Å². The first kappa shape index (κ1) is 22.1. The zero-order chi connectivity index (χ0) is 23.0. The van der Waals surface area contributed by atoms with Gasteiger partial charge in [0.15, 0.2) is 0 Å². The van der Waals surface area contributed by atoms with Crippen molar-refractivity contribution in [1.82, 2.24) is 15.2 Å². The normalized spacial score (nSPS) is 28.5. The molecular weight excluding hydrogens is 410 g/mol. The summed E-state index contributed by atoms with van der Waals surface area (Å²) in [6.07, 6.45) is 9.93. The number of hydrogen-bond donors (Lipinski definition) is 1. The van der Waals surface area contributed by atoms with Crippen LogP contribution in [0.25, 0.3) is 11.1 Å². The molecule has 5 heteroatoms. The van der Waals surface area contributed by atoms with Crippen LogP contribution in [0.3, 0.4) is 0 Å². The molecule has 1 N–H and O–H groups in total. The van der Waals surface area contributed by atoms with Crippen molar-refractivity contribution in [2.24, 2.45) is 23.2 Å². The Kier molecular flexibility index (Phi) is 5.98. The number of carbonyl (C=O) groups is 2. The summed E-state index contributed by atoms with van der Waals surface area (Å²) < 4.78 is 0. The quantitative estimate of drug-likeness (QED) is 0.714. The smallest absolute Gasteiger partial charge is 0.228 e. The maximum Gasteiger partial charge on any atom is 0.228 e. The summed E-state index contributed by atoms with van der Waals surface area (Å²) in [5, 5.41) is 3.16. The van der Waals surface area contributed by atoms with Crippen LogP contribution in [-0.4, -0.2) is 40.8 Å². The fourth-order valence-corrected chi connectivity index (χ4v) is 6.24. The number of hydrogen-bond acceptors (Lipinski definition) is 3. The lowest BCUT2D eigenvalue weighted by Gasteiger charge is -2.30. The highest BCUT2D eigenvalue weighted by atomic mass is 16.2. The van der Waals surface area contributed by atoms with Gasteiger partial charge in [0.2, 0.25) is 11.8 Å². The second-order valence-electron chi connectivity index (χ2n) is 10.7. The largest absolute Gasteiger partial charge is 0.353 e. The van der Waals surface area contributed by atoms with Gasteiger partial charge in [-0.25, -0.2) is 0 Å². The van der Waals surface area contributed by atoms with E-state index < -0.39 is 5.41 Å². The van der Waals surface area contributed by atoms with Gasteiger partial charge >= 0.3 is 0 Å². The first-order chi connectivity index (χ1) is 16.0.